The van der Waals surface area contributed by atoms with Crippen LogP contribution in [0.5, 0.6) is 0 Å². The predicted octanol–water partition coefficient (Wildman–Crippen LogP) is 3.54. The number of nitrogens with one attached hydrogen (secondary N) is 1. The van der Waals surface area contributed by atoms with Crippen molar-refractivity contribution < 1.29 is 0 Å². The molecule has 90 valence electrons. The first-order chi connectivity index (χ1) is 7.54. The molecule has 0 aliphatic carbocycles. The van der Waals surface area contributed by atoms with E-state index in [0.29, 0.717) is 6.04 Å². The van der Waals surface area contributed by atoms with Gasteiger partial charge in [-0.25, -0.2) is 0 Å². The molecule has 0 spiro atoms. The third-order valence-electron chi connectivity index (χ3n) is 3.22. The van der Waals surface area contributed by atoms with Crippen molar-refractivity contribution in [2.45, 2.75) is 53.5 Å². The Balaban J connectivity index is 2.67. The molecule has 1 nitrogen and oxygen atoms in total. The minimum atomic E-state index is 0.616. The summed E-state index contributed by atoms with van der Waals surface area (Å²) in [6.07, 6.45) is 2.41. The standard InChI is InChI=1S/C15H25N/c1-6-16-14(5)7-8-15-12(3)9-11(2)10-13(15)4/h9-10,14,16H,6-8H2,1-5H3. The first-order valence-corrected chi connectivity index (χ1v) is 6.34. The highest BCUT2D eigenvalue weighted by Crippen LogP contribution is 2.18. The van der Waals surface area contributed by atoms with E-state index in [-0.39, 0.29) is 0 Å². The molecule has 0 saturated carbocycles. The van der Waals surface area contributed by atoms with Gasteiger partial charge in [0.25, 0.3) is 0 Å². The van der Waals surface area contributed by atoms with Crippen molar-refractivity contribution in [3.05, 3.63) is 34.4 Å². The van der Waals surface area contributed by atoms with E-state index < -0.39 is 0 Å². The number of benzene rings is 1. The molecule has 1 heteroatoms. The Morgan fingerprint density at radius 2 is 1.69 bits per heavy atom. The van der Waals surface area contributed by atoms with Gasteiger partial charge in [0, 0.05) is 6.04 Å². The molecule has 0 fully saturated rings. The van der Waals surface area contributed by atoms with E-state index in [9.17, 15) is 0 Å². The molecule has 0 amide bonds. The van der Waals surface area contributed by atoms with Crippen LogP contribution in [0.25, 0.3) is 0 Å². The van der Waals surface area contributed by atoms with Gasteiger partial charge < -0.3 is 5.32 Å². The van der Waals surface area contributed by atoms with Gasteiger partial charge in [-0.05, 0) is 63.8 Å². The molecule has 0 aliphatic heterocycles. The van der Waals surface area contributed by atoms with Crippen molar-refractivity contribution >= 4 is 0 Å². The highest BCUT2D eigenvalue weighted by atomic mass is 14.9. The van der Waals surface area contributed by atoms with Crippen LogP contribution in [-0.2, 0) is 6.42 Å². The summed E-state index contributed by atoms with van der Waals surface area (Å²) in [6.45, 7) is 12.1. The van der Waals surface area contributed by atoms with Crippen LogP contribution in [0, 0.1) is 20.8 Å². The van der Waals surface area contributed by atoms with Gasteiger partial charge in [0.2, 0.25) is 0 Å². The van der Waals surface area contributed by atoms with Crippen LogP contribution in [-0.4, -0.2) is 12.6 Å². The average molecular weight is 219 g/mol. The molecule has 1 atom stereocenters. The summed E-state index contributed by atoms with van der Waals surface area (Å²) in [6, 6.07) is 5.20. The van der Waals surface area contributed by atoms with Gasteiger partial charge in [-0.1, -0.05) is 24.6 Å². The van der Waals surface area contributed by atoms with Crippen molar-refractivity contribution in [3.63, 3.8) is 0 Å². The zero-order valence-electron chi connectivity index (χ0n) is 11.4. The molecule has 0 bridgehead atoms. The SMILES string of the molecule is CCNC(C)CCc1c(C)cc(C)cc1C. The highest BCUT2D eigenvalue weighted by molar-refractivity contribution is 5.37. The van der Waals surface area contributed by atoms with Crippen LogP contribution in [0.3, 0.4) is 0 Å². The van der Waals surface area contributed by atoms with E-state index >= 15 is 0 Å². The quantitative estimate of drug-likeness (QED) is 0.798. The van der Waals surface area contributed by atoms with Gasteiger partial charge >= 0.3 is 0 Å². The summed E-state index contributed by atoms with van der Waals surface area (Å²) in [5.41, 5.74) is 5.80. The number of hydrogen-bond acceptors (Lipinski definition) is 1. The molecule has 0 saturated heterocycles. The average Bonchev–Trinajstić information content (AvgIpc) is 2.16. The zero-order chi connectivity index (χ0) is 12.1. The first kappa shape index (κ1) is 13.2. The fourth-order valence-corrected chi connectivity index (χ4v) is 2.42. The number of rotatable bonds is 5. The van der Waals surface area contributed by atoms with Crippen molar-refractivity contribution in [1.29, 1.82) is 0 Å². The maximum Gasteiger partial charge on any atom is 0.00417 e. The fraction of sp³-hybridized carbons (Fsp3) is 0.600. The summed E-state index contributed by atoms with van der Waals surface area (Å²) in [7, 11) is 0. The number of hydrogen-bond donors (Lipinski definition) is 1. The molecule has 0 radical (unpaired) electrons. The van der Waals surface area contributed by atoms with E-state index in [0.717, 1.165) is 6.54 Å². The number of aryl methyl sites for hydroxylation is 3. The summed E-state index contributed by atoms with van der Waals surface area (Å²) >= 11 is 0. The second kappa shape index (κ2) is 6.05. The monoisotopic (exact) mass is 219 g/mol. The third kappa shape index (κ3) is 3.64. The second-order valence-corrected chi connectivity index (χ2v) is 4.87. The Kier molecular flexibility index (Phi) is 5.01. The minimum absolute atomic E-state index is 0.616. The van der Waals surface area contributed by atoms with Gasteiger partial charge in [0.1, 0.15) is 0 Å². The molecular formula is C15H25N. The largest absolute Gasteiger partial charge is 0.315 e. The van der Waals surface area contributed by atoms with E-state index in [4.69, 9.17) is 0 Å². The van der Waals surface area contributed by atoms with E-state index in [1.165, 1.54) is 35.1 Å². The van der Waals surface area contributed by atoms with Gasteiger partial charge in [-0.3, -0.25) is 0 Å². The highest BCUT2D eigenvalue weighted by Gasteiger charge is 2.06. The lowest BCUT2D eigenvalue weighted by atomic mass is 9.95. The van der Waals surface area contributed by atoms with E-state index in [1.54, 1.807) is 0 Å². The Bertz CT molecular complexity index is 318. The second-order valence-electron chi connectivity index (χ2n) is 4.87. The molecular weight excluding hydrogens is 194 g/mol. The topological polar surface area (TPSA) is 12.0 Å². The normalized spacial score (nSPS) is 12.8. The Labute approximate surface area is 100 Å². The lowest BCUT2D eigenvalue weighted by Crippen LogP contribution is -2.26. The van der Waals surface area contributed by atoms with Gasteiger partial charge in [-0.15, -0.1) is 0 Å². The van der Waals surface area contributed by atoms with Crippen LogP contribution in [0.4, 0.5) is 0 Å². The Hall–Kier alpha value is -0.820. The van der Waals surface area contributed by atoms with Gasteiger partial charge in [0.15, 0.2) is 0 Å². The van der Waals surface area contributed by atoms with Crippen LogP contribution in [0.2, 0.25) is 0 Å². The molecule has 0 heterocycles. The van der Waals surface area contributed by atoms with Crippen LogP contribution < -0.4 is 5.32 Å². The molecule has 0 aliphatic rings. The smallest absolute Gasteiger partial charge is 0.00417 e. The van der Waals surface area contributed by atoms with Gasteiger partial charge in [0.05, 0.1) is 0 Å². The summed E-state index contributed by atoms with van der Waals surface area (Å²) in [5, 5.41) is 3.47. The van der Waals surface area contributed by atoms with E-state index in [2.05, 4.69) is 52.1 Å². The predicted molar refractivity (Wildman–Crippen MR) is 72.1 cm³/mol. The van der Waals surface area contributed by atoms with Crippen molar-refractivity contribution in [2.24, 2.45) is 0 Å². The molecule has 16 heavy (non-hydrogen) atoms. The van der Waals surface area contributed by atoms with Crippen molar-refractivity contribution in [1.82, 2.24) is 5.32 Å². The van der Waals surface area contributed by atoms with Crippen molar-refractivity contribution in [2.75, 3.05) is 6.54 Å². The van der Waals surface area contributed by atoms with Crippen LogP contribution in [0.1, 0.15) is 42.5 Å². The molecule has 1 rings (SSSR count). The lowest BCUT2D eigenvalue weighted by molar-refractivity contribution is 0.529. The summed E-state index contributed by atoms with van der Waals surface area (Å²) in [5.74, 6) is 0. The molecule has 1 unspecified atom stereocenters. The third-order valence-corrected chi connectivity index (χ3v) is 3.22. The molecule has 1 aromatic carbocycles. The zero-order valence-corrected chi connectivity index (χ0v) is 11.4. The minimum Gasteiger partial charge on any atom is -0.315 e. The maximum atomic E-state index is 3.47. The molecule has 1 N–H and O–H groups in total. The Morgan fingerprint density at radius 3 is 2.19 bits per heavy atom. The molecule has 1 aromatic rings. The van der Waals surface area contributed by atoms with E-state index in [1.807, 2.05) is 0 Å². The summed E-state index contributed by atoms with van der Waals surface area (Å²) < 4.78 is 0. The van der Waals surface area contributed by atoms with Gasteiger partial charge in [-0.2, -0.15) is 0 Å². The maximum absolute atomic E-state index is 3.47. The summed E-state index contributed by atoms with van der Waals surface area (Å²) in [4.78, 5) is 0. The molecule has 0 aromatic heterocycles. The van der Waals surface area contributed by atoms with Crippen LogP contribution >= 0.6 is 0 Å². The first-order valence-electron chi connectivity index (χ1n) is 6.34. The van der Waals surface area contributed by atoms with Crippen LogP contribution in [0.15, 0.2) is 12.1 Å². The fourth-order valence-electron chi connectivity index (χ4n) is 2.42. The van der Waals surface area contributed by atoms with Crippen molar-refractivity contribution in [3.8, 4) is 0 Å². The Morgan fingerprint density at radius 1 is 1.12 bits per heavy atom. The lowest BCUT2D eigenvalue weighted by Gasteiger charge is -2.15.